The summed E-state index contributed by atoms with van der Waals surface area (Å²) in [4.78, 5) is 3.94. The first-order chi connectivity index (χ1) is 5.66. The van der Waals surface area contributed by atoms with Gasteiger partial charge in [-0.25, -0.2) is 0 Å². The SMILES string of the molecule is CC(C)CCN.Cc1nccs1. The number of hydrogen-bond acceptors (Lipinski definition) is 3. The van der Waals surface area contributed by atoms with Crippen LogP contribution in [0.5, 0.6) is 0 Å². The molecule has 12 heavy (non-hydrogen) atoms. The van der Waals surface area contributed by atoms with Crippen LogP contribution in [0.15, 0.2) is 11.6 Å². The van der Waals surface area contributed by atoms with Gasteiger partial charge in [0.25, 0.3) is 0 Å². The molecule has 2 nitrogen and oxygen atoms in total. The molecular formula is C9H18N2S. The molecule has 1 rings (SSSR count). The average Bonchev–Trinajstić information content (AvgIpc) is 2.40. The summed E-state index contributed by atoms with van der Waals surface area (Å²) in [6.45, 7) is 7.17. The number of aryl methyl sites for hydroxylation is 1. The minimum absolute atomic E-state index is 0.773. The van der Waals surface area contributed by atoms with Gasteiger partial charge in [-0.15, -0.1) is 11.3 Å². The van der Waals surface area contributed by atoms with Crippen LogP contribution in [-0.4, -0.2) is 11.5 Å². The number of aromatic nitrogens is 1. The van der Waals surface area contributed by atoms with Gasteiger partial charge < -0.3 is 5.73 Å². The fraction of sp³-hybridized carbons (Fsp3) is 0.667. The van der Waals surface area contributed by atoms with E-state index in [0.717, 1.165) is 23.9 Å². The molecule has 0 saturated heterocycles. The molecule has 0 aliphatic heterocycles. The van der Waals surface area contributed by atoms with Crippen LogP contribution in [0.2, 0.25) is 0 Å². The predicted octanol–water partition coefficient (Wildman–Crippen LogP) is 2.44. The Morgan fingerprint density at radius 2 is 2.25 bits per heavy atom. The summed E-state index contributed by atoms with van der Waals surface area (Å²) in [5.41, 5.74) is 5.23. The Kier molecular flexibility index (Phi) is 7.00. The maximum Gasteiger partial charge on any atom is 0.0893 e. The van der Waals surface area contributed by atoms with Gasteiger partial charge in [-0.1, -0.05) is 13.8 Å². The van der Waals surface area contributed by atoms with E-state index >= 15 is 0 Å². The first-order valence-corrected chi connectivity index (χ1v) is 5.11. The molecule has 0 amide bonds. The normalized spacial score (nSPS) is 9.42. The summed E-state index contributed by atoms with van der Waals surface area (Å²) in [5, 5.41) is 3.10. The van der Waals surface area contributed by atoms with Crippen molar-refractivity contribution in [3.8, 4) is 0 Å². The minimum atomic E-state index is 0.773. The van der Waals surface area contributed by atoms with Crippen LogP contribution in [0, 0.1) is 12.8 Å². The molecule has 70 valence electrons. The third-order valence-electron chi connectivity index (χ3n) is 1.30. The molecule has 2 N–H and O–H groups in total. The third kappa shape index (κ3) is 7.69. The first kappa shape index (κ1) is 11.6. The second-order valence-corrected chi connectivity index (χ2v) is 4.12. The van der Waals surface area contributed by atoms with Crippen molar-refractivity contribution in [1.82, 2.24) is 4.98 Å². The smallest absolute Gasteiger partial charge is 0.0893 e. The Morgan fingerprint density at radius 3 is 2.33 bits per heavy atom. The quantitative estimate of drug-likeness (QED) is 0.770. The lowest BCUT2D eigenvalue weighted by atomic mass is 10.1. The summed E-state index contributed by atoms with van der Waals surface area (Å²) in [6.07, 6.45) is 2.96. The number of hydrogen-bond donors (Lipinski definition) is 1. The summed E-state index contributed by atoms with van der Waals surface area (Å²) in [7, 11) is 0. The van der Waals surface area contributed by atoms with E-state index in [1.807, 2.05) is 12.3 Å². The van der Waals surface area contributed by atoms with Crippen molar-refractivity contribution in [2.75, 3.05) is 6.54 Å². The van der Waals surface area contributed by atoms with Gasteiger partial charge >= 0.3 is 0 Å². The van der Waals surface area contributed by atoms with Crippen molar-refractivity contribution < 1.29 is 0 Å². The molecule has 0 saturated carbocycles. The molecule has 0 aromatic carbocycles. The van der Waals surface area contributed by atoms with E-state index in [0.29, 0.717) is 0 Å². The average molecular weight is 186 g/mol. The molecule has 0 bridgehead atoms. The molecule has 0 fully saturated rings. The standard InChI is InChI=1S/C5H13N.C4H5NS/c1-5(2)3-4-6;1-4-5-2-3-6-4/h5H,3-4,6H2,1-2H3;2-3H,1H3. The highest BCUT2D eigenvalue weighted by Gasteiger charge is 1.85. The van der Waals surface area contributed by atoms with Crippen molar-refractivity contribution >= 4 is 11.3 Å². The van der Waals surface area contributed by atoms with Crippen molar-refractivity contribution in [2.24, 2.45) is 11.7 Å². The molecule has 1 aromatic rings. The summed E-state index contributed by atoms with van der Waals surface area (Å²) in [6, 6.07) is 0. The third-order valence-corrected chi connectivity index (χ3v) is 2.00. The van der Waals surface area contributed by atoms with Crippen molar-refractivity contribution in [2.45, 2.75) is 27.2 Å². The molecule has 0 atom stereocenters. The van der Waals surface area contributed by atoms with Gasteiger partial charge in [-0.2, -0.15) is 0 Å². The van der Waals surface area contributed by atoms with Gasteiger partial charge in [0.15, 0.2) is 0 Å². The van der Waals surface area contributed by atoms with E-state index in [2.05, 4.69) is 18.8 Å². The number of nitrogens with zero attached hydrogens (tertiary/aromatic N) is 1. The Balaban J connectivity index is 0.000000202. The summed E-state index contributed by atoms with van der Waals surface area (Å²) < 4.78 is 0. The molecule has 0 unspecified atom stereocenters. The molecular weight excluding hydrogens is 168 g/mol. The van der Waals surface area contributed by atoms with Crippen LogP contribution in [0.25, 0.3) is 0 Å². The van der Waals surface area contributed by atoms with Crippen molar-refractivity contribution in [1.29, 1.82) is 0 Å². The topological polar surface area (TPSA) is 38.9 Å². The van der Waals surface area contributed by atoms with Crippen LogP contribution in [0.1, 0.15) is 25.3 Å². The molecule has 0 aliphatic rings. The second kappa shape index (κ2) is 7.25. The van der Waals surface area contributed by atoms with Crippen LogP contribution >= 0.6 is 11.3 Å². The van der Waals surface area contributed by atoms with Gasteiger partial charge in [0.05, 0.1) is 5.01 Å². The molecule has 1 heterocycles. The van der Waals surface area contributed by atoms with E-state index in [1.54, 1.807) is 17.5 Å². The molecule has 0 aliphatic carbocycles. The Bertz CT molecular complexity index is 171. The van der Waals surface area contributed by atoms with Gasteiger partial charge in [-0.3, -0.25) is 4.98 Å². The molecule has 0 spiro atoms. The van der Waals surface area contributed by atoms with E-state index in [9.17, 15) is 0 Å². The maximum absolute atomic E-state index is 5.23. The zero-order valence-corrected chi connectivity index (χ0v) is 8.90. The lowest BCUT2D eigenvalue weighted by Gasteiger charge is -1.96. The van der Waals surface area contributed by atoms with E-state index in [1.165, 1.54) is 0 Å². The van der Waals surface area contributed by atoms with Crippen molar-refractivity contribution in [3.63, 3.8) is 0 Å². The number of rotatable bonds is 2. The van der Waals surface area contributed by atoms with Gasteiger partial charge in [-0.05, 0) is 25.8 Å². The fourth-order valence-electron chi connectivity index (χ4n) is 0.628. The van der Waals surface area contributed by atoms with E-state index in [-0.39, 0.29) is 0 Å². The van der Waals surface area contributed by atoms with Gasteiger partial charge in [0, 0.05) is 11.6 Å². The zero-order chi connectivity index (χ0) is 9.40. The van der Waals surface area contributed by atoms with E-state index < -0.39 is 0 Å². The van der Waals surface area contributed by atoms with Crippen LogP contribution in [0.3, 0.4) is 0 Å². The summed E-state index contributed by atoms with van der Waals surface area (Å²) >= 11 is 1.67. The largest absolute Gasteiger partial charge is 0.330 e. The Labute approximate surface area is 78.8 Å². The van der Waals surface area contributed by atoms with Crippen LogP contribution < -0.4 is 5.73 Å². The van der Waals surface area contributed by atoms with Gasteiger partial charge in [0.2, 0.25) is 0 Å². The highest BCUT2D eigenvalue weighted by Crippen LogP contribution is 1.98. The lowest BCUT2D eigenvalue weighted by Crippen LogP contribution is -2.01. The molecule has 0 radical (unpaired) electrons. The fourth-order valence-corrected chi connectivity index (χ4v) is 1.07. The Morgan fingerprint density at radius 1 is 1.58 bits per heavy atom. The molecule has 1 aromatic heterocycles. The second-order valence-electron chi connectivity index (χ2n) is 3.02. The van der Waals surface area contributed by atoms with Gasteiger partial charge in [0.1, 0.15) is 0 Å². The number of thiazole rings is 1. The monoisotopic (exact) mass is 186 g/mol. The highest BCUT2D eigenvalue weighted by molar-refractivity contribution is 7.09. The zero-order valence-electron chi connectivity index (χ0n) is 8.08. The first-order valence-electron chi connectivity index (χ1n) is 4.23. The van der Waals surface area contributed by atoms with Crippen molar-refractivity contribution in [3.05, 3.63) is 16.6 Å². The van der Waals surface area contributed by atoms with Crippen LogP contribution in [-0.2, 0) is 0 Å². The summed E-state index contributed by atoms with van der Waals surface area (Å²) in [5.74, 6) is 0.773. The Hall–Kier alpha value is -0.410. The number of nitrogens with two attached hydrogens (primary N) is 1. The predicted molar refractivity (Wildman–Crippen MR) is 55.4 cm³/mol. The highest BCUT2D eigenvalue weighted by atomic mass is 32.1. The van der Waals surface area contributed by atoms with Crippen LogP contribution in [0.4, 0.5) is 0 Å². The lowest BCUT2D eigenvalue weighted by molar-refractivity contribution is 0.596. The maximum atomic E-state index is 5.23. The van der Waals surface area contributed by atoms with E-state index in [4.69, 9.17) is 5.73 Å². The molecule has 3 heteroatoms. The minimum Gasteiger partial charge on any atom is -0.330 e.